The van der Waals surface area contributed by atoms with Crippen molar-refractivity contribution in [2.45, 2.75) is 38.8 Å². The number of nitrogens with zero attached hydrogens (tertiary/aromatic N) is 1. The summed E-state index contributed by atoms with van der Waals surface area (Å²) in [7, 11) is 1.75. The van der Waals surface area contributed by atoms with E-state index in [1.807, 2.05) is 0 Å². The van der Waals surface area contributed by atoms with Gasteiger partial charge in [-0.3, -0.25) is 0 Å². The summed E-state index contributed by atoms with van der Waals surface area (Å²) in [5.41, 5.74) is 2.49. The molecular weight excluding hydrogens is 236 g/mol. The van der Waals surface area contributed by atoms with Gasteiger partial charge in [-0.25, -0.2) is 0 Å². The molecule has 1 unspecified atom stereocenters. The van der Waals surface area contributed by atoms with Gasteiger partial charge in [0.15, 0.2) is 0 Å². The molecule has 0 amide bonds. The molecule has 3 heteroatoms. The third kappa shape index (κ3) is 4.22. The summed E-state index contributed by atoms with van der Waals surface area (Å²) in [6, 6.07) is 9.06. The maximum absolute atomic E-state index is 5.27. The first-order chi connectivity index (χ1) is 9.33. The van der Waals surface area contributed by atoms with E-state index >= 15 is 0 Å². The summed E-state index contributed by atoms with van der Waals surface area (Å²) in [4.78, 5) is 2.54. The second kappa shape index (κ2) is 7.51. The molecule has 2 rings (SSSR count). The van der Waals surface area contributed by atoms with Crippen molar-refractivity contribution in [1.82, 2.24) is 4.90 Å². The van der Waals surface area contributed by atoms with Crippen LogP contribution in [0, 0.1) is 0 Å². The Morgan fingerprint density at radius 2 is 2.11 bits per heavy atom. The number of hydrogen-bond donors (Lipinski definition) is 1. The first-order valence-electron chi connectivity index (χ1n) is 7.39. The zero-order chi connectivity index (χ0) is 13.5. The molecule has 1 aromatic carbocycles. The van der Waals surface area contributed by atoms with E-state index in [9.17, 15) is 0 Å². The van der Waals surface area contributed by atoms with Gasteiger partial charge in [0.05, 0.1) is 6.61 Å². The molecule has 0 radical (unpaired) electrons. The molecule has 1 atom stereocenters. The normalized spacial score (nSPS) is 21.1. The monoisotopic (exact) mass is 262 g/mol. The maximum atomic E-state index is 5.27. The summed E-state index contributed by atoms with van der Waals surface area (Å²) in [6.45, 7) is 6.56. The number of likely N-dealkylation sites (tertiary alicyclic amines) is 1. The fourth-order valence-electron chi connectivity index (χ4n) is 2.78. The SMILES string of the molecule is CCN1CCCC(Nc2ccccc2COC)CC1. The third-order valence-electron chi connectivity index (χ3n) is 3.94. The van der Waals surface area contributed by atoms with Gasteiger partial charge in [-0.05, 0) is 38.4 Å². The highest BCUT2D eigenvalue weighted by atomic mass is 16.5. The molecule has 1 aliphatic heterocycles. The van der Waals surface area contributed by atoms with Crippen molar-refractivity contribution in [3.05, 3.63) is 29.8 Å². The number of anilines is 1. The highest BCUT2D eigenvalue weighted by Crippen LogP contribution is 2.21. The summed E-state index contributed by atoms with van der Waals surface area (Å²) in [6.07, 6.45) is 3.78. The average Bonchev–Trinajstić information content (AvgIpc) is 2.66. The highest BCUT2D eigenvalue weighted by Gasteiger charge is 2.16. The van der Waals surface area contributed by atoms with Gasteiger partial charge >= 0.3 is 0 Å². The lowest BCUT2D eigenvalue weighted by atomic mass is 10.1. The third-order valence-corrected chi connectivity index (χ3v) is 3.94. The molecule has 0 aliphatic carbocycles. The fourth-order valence-corrected chi connectivity index (χ4v) is 2.78. The molecule has 0 spiro atoms. The molecule has 19 heavy (non-hydrogen) atoms. The lowest BCUT2D eigenvalue weighted by Crippen LogP contribution is -2.26. The van der Waals surface area contributed by atoms with E-state index < -0.39 is 0 Å². The van der Waals surface area contributed by atoms with Crippen molar-refractivity contribution in [3.63, 3.8) is 0 Å². The van der Waals surface area contributed by atoms with Gasteiger partial charge in [-0.15, -0.1) is 0 Å². The highest BCUT2D eigenvalue weighted by molar-refractivity contribution is 5.51. The number of para-hydroxylation sites is 1. The van der Waals surface area contributed by atoms with Crippen molar-refractivity contribution in [1.29, 1.82) is 0 Å². The number of benzene rings is 1. The second-order valence-corrected chi connectivity index (χ2v) is 5.30. The average molecular weight is 262 g/mol. The summed E-state index contributed by atoms with van der Waals surface area (Å²) in [5, 5.41) is 3.71. The van der Waals surface area contributed by atoms with Gasteiger partial charge in [-0.2, -0.15) is 0 Å². The van der Waals surface area contributed by atoms with E-state index in [2.05, 4.69) is 41.4 Å². The van der Waals surface area contributed by atoms with Crippen molar-refractivity contribution in [3.8, 4) is 0 Å². The Kier molecular flexibility index (Phi) is 5.67. The van der Waals surface area contributed by atoms with Crippen LogP contribution in [0.3, 0.4) is 0 Å². The van der Waals surface area contributed by atoms with Crippen LogP contribution < -0.4 is 5.32 Å². The summed E-state index contributed by atoms with van der Waals surface area (Å²) >= 11 is 0. The topological polar surface area (TPSA) is 24.5 Å². The quantitative estimate of drug-likeness (QED) is 0.882. The van der Waals surface area contributed by atoms with Crippen LogP contribution in [0.5, 0.6) is 0 Å². The molecule has 3 nitrogen and oxygen atoms in total. The smallest absolute Gasteiger partial charge is 0.0733 e. The Hall–Kier alpha value is -1.06. The van der Waals surface area contributed by atoms with Crippen LogP contribution in [0.1, 0.15) is 31.7 Å². The minimum atomic E-state index is 0.592. The van der Waals surface area contributed by atoms with Crippen LogP contribution in [-0.2, 0) is 11.3 Å². The minimum absolute atomic E-state index is 0.592. The van der Waals surface area contributed by atoms with E-state index in [1.165, 1.54) is 50.1 Å². The van der Waals surface area contributed by atoms with Gasteiger partial charge in [0, 0.05) is 30.9 Å². The predicted molar refractivity (Wildman–Crippen MR) is 80.5 cm³/mol. The minimum Gasteiger partial charge on any atom is -0.382 e. The molecule has 1 heterocycles. The van der Waals surface area contributed by atoms with Crippen molar-refractivity contribution in [2.75, 3.05) is 32.1 Å². The van der Waals surface area contributed by atoms with Crippen LogP contribution in [0.25, 0.3) is 0 Å². The van der Waals surface area contributed by atoms with Crippen molar-refractivity contribution < 1.29 is 4.74 Å². The first-order valence-corrected chi connectivity index (χ1v) is 7.39. The lowest BCUT2D eigenvalue weighted by molar-refractivity contribution is 0.185. The maximum Gasteiger partial charge on any atom is 0.0733 e. The van der Waals surface area contributed by atoms with Crippen LogP contribution in [0.2, 0.25) is 0 Å². The second-order valence-electron chi connectivity index (χ2n) is 5.30. The predicted octanol–water partition coefficient (Wildman–Crippen LogP) is 3.12. The summed E-state index contributed by atoms with van der Waals surface area (Å²) < 4.78 is 5.27. The van der Waals surface area contributed by atoms with Gasteiger partial charge in [0.2, 0.25) is 0 Å². The number of nitrogens with one attached hydrogen (secondary N) is 1. The van der Waals surface area contributed by atoms with Crippen molar-refractivity contribution in [2.24, 2.45) is 0 Å². The van der Waals surface area contributed by atoms with Gasteiger partial charge in [-0.1, -0.05) is 25.1 Å². The largest absolute Gasteiger partial charge is 0.382 e. The molecule has 1 fully saturated rings. The Bertz CT molecular complexity index is 381. The number of rotatable bonds is 5. The zero-order valence-electron chi connectivity index (χ0n) is 12.2. The molecule has 0 saturated carbocycles. The Balaban J connectivity index is 1.96. The van der Waals surface area contributed by atoms with Gasteiger partial charge < -0.3 is 15.0 Å². The van der Waals surface area contributed by atoms with Gasteiger partial charge in [0.25, 0.3) is 0 Å². The first kappa shape index (κ1) is 14.4. The van der Waals surface area contributed by atoms with Crippen LogP contribution >= 0.6 is 0 Å². The fraction of sp³-hybridized carbons (Fsp3) is 0.625. The zero-order valence-corrected chi connectivity index (χ0v) is 12.2. The molecular formula is C16H26N2O. The number of ether oxygens (including phenoxy) is 1. The van der Waals surface area contributed by atoms with Crippen molar-refractivity contribution >= 4 is 5.69 Å². The van der Waals surface area contributed by atoms with E-state index in [4.69, 9.17) is 4.74 Å². The molecule has 0 bridgehead atoms. The Labute approximate surface area is 116 Å². The Morgan fingerprint density at radius 1 is 1.26 bits per heavy atom. The van der Waals surface area contributed by atoms with Crippen LogP contribution in [0.15, 0.2) is 24.3 Å². The standard InChI is InChI=1S/C16H26N2O/c1-3-18-11-6-8-15(10-12-18)17-16-9-5-4-7-14(16)13-19-2/h4-5,7,9,15,17H,3,6,8,10-13H2,1-2H3. The lowest BCUT2D eigenvalue weighted by Gasteiger charge is -2.21. The van der Waals surface area contributed by atoms with E-state index in [-0.39, 0.29) is 0 Å². The van der Waals surface area contributed by atoms with E-state index in [0.29, 0.717) is 12.6 Å². The van der Waals surface area contributed by atoms with Crippen LogP contribution in [0.4, 0.5) is 5.69 Å². The van der Waals surface area contributed by atoms with E-state index in [1.54, 1.807) is 7.11 Å². The molecule has 1 saturated heterocycles. The number of hydrogen-bond acceptors (Lipinski definition) is 3. The van der Waals surface area contributed by atoms with Gasteiger partial charge in [0.1, 0.15) is 0 Å². The molecule has 1 N–H and O–H groups in total. The summed E-state index contributed by atoms with van der Waals surface area (Å²) in [5.74, 6) is 0. The van der Waals surface area contributed by atoms with Crippen LogP contribution in [-0.4, -0.2) is 37.7 Å². The molecule has 106 valence electrons. The Morgan fingerprint density at radius 3 is 2.89 bits per heavy atom. The van der Waals surface area contributed by atoms with E-state index in [0.717, 1.165) is 0 Å². The number of methoxy groups -OCH3 is 1. The molecule has 1 aliphatic rings. The molecule has 0 aromatic heterocycles. The molecule has 1 aromatic rings.